The van der Waals surface area contributed by atoms with E-state index in [2.05, 4.69) is 34.1 Å². The van der Waals surface area contributed by atoms with Crippen LogP contribution in [0.15, 0.2) is 66.7 Å². The lowest BCUT2D eigenvalue weighted by Crippen LogP contribution is -2.26. The van der Waals surface area contributed by atoms with E-state index in [0.717, 1.165) is 49.5 Å². The standard InChI is InChI=1S/C26H29N3O2/c1-31-25-11-5-4-10-24(25)28-17-16-27-14-6-7-15-29-26(30)19-12-13-22-20-8-2-3-9-21(20)23(22)18-19/h2-5,8-13,18,27-28H,6-7,14-17H2,1H3,(H,29,30). The topological polar surface area (TPSA) is 62.4 Å². The number of amides is 1. The Morgan fingerprint density at radius 3 is 2.32 bits per heavy atom. The van der Waals surface area contributed by atoms with Gasteiger partial charge in [-0.1, -0.05) is 42.5 Å². The van der Waals surface area contributed by atoms with Gasteiger partial charge >= 0.3 is 0 Å². The Morgan fingerprint density at radius 1 is 0.774 bits per heavy atom. The van der Waals surface area contributed by atoms with Crippen molar-refractivity contribution in [2.75, 3.05) is 38.6 Å². The summed E-state index contributed by atoms with van der Waals surface area (Å²) in [7, 11) is 1.68. The average Bonchev–Trinajstić information content (AvgIpc) is 2.81. The summed E-state index contributed by atoms with van der Waals surface area (Å²) >= 11 is 0. The van der Waals surface area contributed by atoms with Gasteiger partial charge in [-0.05, 0) is 65.9 Å². The van der Waals surface area contributed by atoms with Crippen molar-refractivity contribution in [3.8, 4) is 28.0 Å². The number of carbonyl (C=O) groups is 1. The molecule has 160 valence electrons. The number of benzene rings is 3. The number of anilines is 1. The smallest absolute Gasteiger partial charge is 0.251 e. The van der Waals surface area contributed by atoms with Crippen molar-refractivity contribution in [2.24, 2.45) is 0 Å². The maximum atomic E-state index is 12.5. The van der Waals surface area contributed by atoms with Crippen molar-refractivity contribution < 1.29 is 9.53 Å². The first-order chi connectivity index (χ1) is 15.3. The first kappa shape index (κ1) is 20.9. The zero-order chi connectivity index (χ0) is 21.5. The predicted octanol–water partition coefficient (Wildman–Crippen LogP) is 4.55. The quantitative estimate of drug-likeness (QED) is 0.315. The fourth-order valence-electron chi connectivity index (χ4n) is 3.91. The van der Waals surface area contributed by atoms with E-state index >= 15 is 0 Å². The number of methoxy groups -OCH3 is 1. The molecule has 0 spiro atoms. The van der Waals surface area contributed by atoms with Crippen molar-refractivity contribution in [1.29, 1.82) is 0 Å². The van der Waals surface area contributed by atoms with Crippen molar-refractivity contribution >= 4 is 11.6 Å². The molecule has 3 aromatic carbocycles. The number of hydrogen-bond acceptors (Lipinski definition) is 4. The Hall–Kier alpha value is -3.31. The monoisotopic (exact) mass is 415 g/mol. The van der Waals surface area contributed by atoms with Crippen LogP contribution in [0.25, 0.3) is 22.3 Å². The third kappa shape index (κ3) is 4.89. The summed E-state index contributed by atoms with van der Waals surface area (Å²) in [4.78, 5) is 12.5. The van der Waals surface area contributed by atoms with Gasteiger partial charge in [0.1, 0.15) is 5.75 Å². The van der Waals surface area contributed by atoms with E-state index < -0.39 is 0 Å². The van der Waals surface area contributed by atoms with E-state index in [1.807, 2.05) is 48.5 Å². The van der Waals surface area contributed by atoms with Gasteiger partial charge in [-0.3, -0.25) is 4.79 Å². The van der Waals surface area contributed by atoms with Crippen LogP contribution < -0.4 is 20.7 Å². The van der Waals surface area contributed by atoms with Crippen molar-refractivity contribution in [1.82, 2.24) is 10.6 Å². The summed E-state index contributed by atoms with van der Waals surface area (Å²) in [6.45, 7) is 3.33. The van der Waals surface area contributed by atoms with Gasteiger partial charge in [0, 0.05) is 25.2 Å². The molecule has 1 amide bonds. The highest BCUT2D eigenvalue weighted by molar-refractivity contribution is 6.05. The lowest BCUT2D eigenvalue weighted by atomic mass is 9.80. The highest BCUT2D eigenvalue weighted by Gasteiger charge is 2.22. The number of rotatable bonds is 11. The van der Waals surface area contributed by atoms with E-state index in [-0.39, 0.29) is 5.91 Å². The molecule has 4 rings (SSSR count). The van der Waals surface area contributed by atoms with E-state index in [1.54, 1.807) is 7.11 Å². The summed E-state index contributed by atoms with van der Waals surface area (Å²) < 4.78 is 5.33. The second kappa shape index (κ2) is 10.1. The maximum Gasteiger partial charge on any atom is 0.251 e. The molecular formula is C26H29N3O2. The Kier molecular flexibility index (Phi) is 6.85. The second-order valence-corrected chi connectivity index (χ2v) is 7.65. The summed E-state index contributed by atoms with van der Waals surface area (Å²) in [5.74, 6) is 0.858. The van der Waals surface area contributed by atoms with Gasteiger partial charge in [0.25, 0.3) is 5.91 Å². The summed E-state index contributed by atoms with van der Waals surface area (Å²) in [5, 5.41) is 9.84. The van der Waals surface area contributed by atoms with Gasteiger partial charge in [-0.2, -0.15) is 0 Å². The fourth-order valence-corrected chi connectivity index (χ4v) is 3.91. The van der Waals surface area contributed by atoms with E-state index in [1.165, 1.54) is 22.3 Å². The van der Waals surface area contributed by atoms with Crippen LogP contribution in [0.5, 0.6) is 5.75 Å². The molecular weight excluding hydrogens is 386 g/mol. The highest BCUT2D eigenvalue weighted by atomic mass is 16.5. The molecule has 0 heterocycles. The molecule has 0 bridgehead atoms. The number of hydrogen-bond donors (Lipinski definition) is 3. The number of fused-ring (bicyclic) bond motifs is 4. The van der Waals surface area contributed by atoms with Gasteiger partial charge in [-0.15, -0.1) is 0 Å². The van der Waals surface area contributed by atoms with Crippen molar-refractivity contribution in [3.05, 3.63) is 72.3 Å². The molecule has 5 heteroatoms. The minimum atomic E-state index is 0.00106. The molecule has 1 aliphatic rings. The highest BCUT2D eigenvalue weighted by Crippen LogP contribution is 2.46. The minimum absolute atomic E-state index is 0.00106. The zero-order valence-electron chi connectivity index (χ0n) is 17.9. The molecule has 0 aromatic heterocycles. The van der Waals surface area contributed by atoms with Gasteiger partial charge in [-0.25, -0.2) is 0 Å². The van der Waals surface area contributed by atoms with Crippen molar-refractivity contribution in [3.63, 3.8) is 0 Å². The predicted molar refractivity (Wildman–Crippen MR) is 127 cm³/mol. The molecule has 0 unspecified atom stereocenters. The maximum absolute atomic E-state index is 12.5. The normalized spacial score (nSPS) is 11.1. The molecule has 3 aromatic rings. The minimum Gasteiger partial charge on any atom is -0.495 e. The number of nitrogens with one attached hydrogen (secondary N) is 3. The molecule has 0 fully saturated rings. The number of unbranched alkanes of at least 4 members (excludes halogenated alkanes) is 1. The average molecular weight is 416 g/mol. The number of para-hydroxylation sites is 2. The molecule has 5 nitrogen and oxygen atoms in total. The second-order valence-electron chi connectivity index (χ2n) is 7.65. The lowest BCUT2D eigenvalue weighted by molar-refractivity contribution is 0.0953. The van der Waals surface area contributed by atoms with Crippen LogP contribution in [0.2, 0.25) is 0 Å². The molecule has 0 atom stereocenters. The van der Waals surface area contributed by atoms with Crippen molar-refractivity contribution in [2.45, 2.75) is 12.8 Å². The van der Waals surface area contributed by atoms with E-state index in [0.29, 0.717) is 6.54 Å². The Labute approximate surface area is 183 Å². The van der Waals surface area contributed by atoms with Gasteiger partial charge < -0.3 is 20.7 Å². The first-order valence-electron chi connectivity index (χ1n) is 10.9. The van der Waals surface area contributed by atoms with E-state index in [4.69, 9.17) is 4.74 Å². The SMILES string of the molecule is COc1ccccc1NCCNCCCCNC(=O)c1ccc2c(c1)-c1ccccc1-2. The molecule has 31 heavy (non-hydrogen) atoms. The number of carbonyl (C=O) groups excluding carboxylic acids is 1. The third-order valence-corrected chi connectivity index (χ3v) is 5.58. The zero-order valence-corrected chi connectivity index (χ0v) is 17.9. The van der Waals surface area contributed by atoms with E-state index in [9.17, 15) is 4.79 Å². The molecule has 1 aliphatic carbocycles. The Balaban J connectivity index is 1.09. The lowest BCUT2D eigenvalue weighted by Gasteiger charge is -2.24. The van der Waals surface area contributed by atoms with Crippen LogP contribution in [-0.2, 0) is 0 Å². The van der Waals surface area contributed by atoms with Gasteiger partial charge in [0.15, 0.2) is 0 Å². The van der Waals surface area contributed by atoms with Crippen LogP contribution in [0.1, 0.15) is 23.2 Å². The fraction of sp³-hybridized carbons (Fsp3) is 0.269. The number of ether oxygens (including phenoxy) is 1. The van der Waals surface area contributed by atoms with Crippen LogP contribution in [-0.4, -0.2) is 39.2 Å². The summed E-state index contributed by atoms with van der Waals surface area (Å²) in [5.41, 5.74) is 6.66. The molecule has 0 aliphatic heterocycles. The molecule has 0 saturated carbocycles. The third-order valence-electron chi connectivity index (χ3n) is 5.58. The molecule has 0 saturated heterocycles. The van der Waals surface area contributed by atoms with Crippen LogP contribution in [0, 0.1) is 0 Å². The summed E-state index contributed by atoms with van der Waals surface area (Å²) in [6.07, 6.45) is 1.97. The van der Waals surface area contributed by atoms with Crippen LogP contribution in [0.4, 0.5) is 5.69 Å². The van der Waals surface area contributed by atoms with Gasteiger partial charge in [0.05, 0.1) is 12.8 Å². The Morgan fingerprint density at radius 2 is 1.48 bits per heavy atom. The van der Waals surface area contributed by atoms with Crippen LogP contribution >= 0.6 is 0 Å². The first-order valence-corrected chi connectivity index (χ1v) is 10.9. The summed E-state index contributed by atoms with van der Waals surface area (Å²) in [6, 6.07) is 22.2. The largest absolute Gasteiger partial charge is 0.495 e. The molecule has 3 N–H and O–H groups in total. The van der Waals surface area contributed by atoms with Crippen LogP contribution in [0.3, 0.4) is 0 Å². The van der Waals surface area contributed by atoms with Gasteiger partial charge in [0.2, 0.25) is 0 Å². The molecule has 0 radical (unpaired) electrons. The Bertz CT molecular complexity index is 1050.